The van der Waals surface area contributed by atoms with Crippen molar-refractivity contribution in [1.82, 2.24) is 10.2 Å². The second kappa shape index (κ2) is 10.2. The SMILES string of the molecule is CCNC(CCN(C)CCOCC)c1ccc(Cl)cc1. The van der Waals surface area contributed by atoms with Gasteiger partial charge in [-0.1, -0.05) is 30.7 Å². The Morgan fingerprint density at radius 1 is 1.20 bits per heavy atom. The first-order valence-electron chi connectivity index (χ1n) is 7.42. The van der Waals surface area contributed by atoms with E-state index in [4.69, 9.17) is 16.3 Å². The number of ether oxygens (including phenoxy) is 1. The summed E-state index contributed by atoms with van der Waals surface area (Å²) in [4.78, 5) is 2.32. The van der Waals surface area contributed by atoms with Crippen molar-refractivity contribution >= 4 is 11.6 Å². The first-order chi connectivity index (χ1) is 9.67. The van der Waals surface area contributed by atoms with E-state index in [1.807, 2.05) is 19.1 Å². The number of nitrogens with one attached hydrogen (secondary N) is 1. The van der Waals surface area contributed by atoms with Crippen LogP contribution in [0.25, 0.3) is 0 Å². The van der Waals surface area contributed by atoms with Crippen LogP contribution in [0.1, 0.15) is 31.9 Å². The molecule has 1 N–H and O–H groups in total. The van der Waals surface area contributed by atoms with E-state index in [2.05, 4.69) is 36.3 Å². The van der Waals surface area contributed by atoms with Crippen LogP contribution in [-0.2, 0) is 4.74 Å². The van der Waals surface area contributed by atoms with Crippen LogP contribution < -0.4 is 5.32 Å². The van der Waals surface area contributed by atoms with Gasteiger partial charge >= 0.3 is 0 Å². The molecule has 0 bridgehead atoms. The van der Waals surface area contributed by atoms with Crippen molar-refractivity contribution in [1.29, 1.82) is 0 Å². The van der Waals surface area contributed by atoms with Gasteiger partial charge in [-0.15, -0.1) is 0 Å². The lowest BCUT2D eigenvalue weighted by Gasteiger charge is -2.22. The van der Waals surface area contributed by atoms with Crippen molar-refractivity contribution in [2.45, 2.75) is 26.3 Å². The fraction of sp³-hybridized carbons (Fsp3) is 0.625. The number of hydrogen-bond acceptors (Lipinski definition) is 3. The zero-order chi connectivity index (χ0) is 14.8. The molecule has 0 amide bonds. The monoisotopic (exact) mass is 298 g/mol. The van der Waals surface area contributed by atoms with Gasteiger partial charge in [0.2, 0.25) is 0 Å². The standard InChI is InChI=1S/C16H27ClN2O/c1-4-18-16(14-6-8-15(17)9-7-14)10-11-19(3)12-13-20-5-2/h6-9,16,18H,4-5,10-13H2,1-3H3. The molecule has 0 saturated carbocycles. The van der Waals surface area contributed by atoms with Crippen LogP contribution in [0.3, 0.4) is 0 Å². The van der Waals surface area contributed by atoms with Crippen LogP contribution in [0.15, 0.2) is 24.3 Å². The number of nitrogens with zero attached hydrogens (tertiary/aromatic N) is 1. The van der Waals surface area contributed by atoms with Gasteiger partial charge in [-0.25, -0.2) is 0 Å². The summed E-state index contributed by atoms with van der Waals surface area (Å²) in [7, 11) is 2.14. The van der Waals surface area contributed by atoms with Crippen LogP contribution in [0.2, 0.25) is 5.02 Å². The third kappa shape index (κ3) is 6.71. The van der Waals surface area contributed by atoms with Gasteiger partial charge in [-0.05, 0) is 51.2 Å². The molecule has 0 aromatic heterocycles. The van der Waals surface area contributed by atoms with Crippen LogP contribution in [0, 0.1) is 0 Å². The third-order valence-corrected chi connectivity index (χ3v) is 3.60. The molecule has 4 heteroatoms. The zero-order valence-corrected chi connectivity index (χ0v) is 13.6. The van der Waals surface area contributed by atoms with Gasteiger partial charge in [0.1, 0.15) is 0 Å². The molecular formula is C16H27ClN2O. The summed E-state index contributed by atoms with van der Waals surface area (Å²) in [5, 5.41) is 4.33. The number of benzene rings is 1. The van der Waals surface area contributed by atoms with Crippen LogP contribution in [-0.4, -0.2) is 44.8 Å². The molecule has 0 fully saturated rings. The van der Waals surface area contributed by atoms with E-state index in [0.717, 1.165) is 44.3 Å². The lowest BCUT2D eigenvalue weighted by Crippen LogP contribution is -2.29. The lowest BCUT2D eigenvalue weighted by atomic mass is 10.0. The molecule has 1 aromatic carbocycles. The lowest BCUT2D eigenvalue weighted by molar-refractivity contribution is 0.121. The minimum atomic E-state index is 0.381. The molecule has 1 atom stereocenters. The van der Waals surface area contributed by atoms with E-state index >= 15 is 0 Å². The van der Waals surface area contributed by atoms with Gasteiger partial charge in [0.05, 0.1) is 6.61 Å². The predicted octanol–water partition coefficient (Wildman–Crippen LogP) is 3.35. The minimum Gasteiger partial charge on any atom is -0.380 e. The van der Waals surface area contributed by atoms with E-state index in [1.165, 1.54) is 5.56 Å². The molecule has 0 aliphatic rings. The van der Waals surface area contributed by atoms with Crippen LogP contribution >= 0.6 is 11.6 Å². The highest BCUT2D eigenvalue weighted by Gasteiger charge is 2.11. The van der Waals surface area contributed by atoms with Crippen LogP contribution in [0.4, 0.5) is 0 Å². The highest BCUT2D eigenvalue weighted by Crippen LogP contribution is 2.19. The molecule has 20 heavy (non-hydrogen) atoms. The Bertz CT molecular complexity index is 356. The Labute approximate surface area is 128 Å². The smallest absolute Gasteiger partial charge is 0.0593 e. The molecule has 0 radical (unpaired) electrons. The quantitative estimate of drug-likeness (QED) is 0.671. The van der Waals surface area contributed by atoms with Crippen molar-refractivity contribution in [2.24, 2.45) is 0 Å². The highest BCUT2D eigenvalue weighted by atomic mass is 35.5. The Morgan fingerprint density at radius 2 is 1.90 bits per heavy atom. The first kappa shape index (κ1) is 17.4. The summed E-state index contributed by atoms with van der Waals surface area (Å²) in [5.41, 5.74) is 1.30. The number of halogens is 1. The molecule has 0 aliphatic heterocycles. The normalized spacial score (nSPS) is 12.8. The second-order valence-corrected chi connectivity index (χ2v) is 5.39. The maximum absolute atomic E-state index is 5.95. The minimum absolute atomic E-state index is 0.381. The fourth-order valence-electron chi connectivity index (χ4n) is 2.15. The van der Waals surface area contributed by atoms with E-state index < -0.39 is 0 Å². The topological polar surface area (TPSA) is 24.5 Å². The second-order valence-electron chi connectivity index (χ2n) is 4.95. The summed E-state index contributed by atoms with van der Waals surface area (Å²) in [6, 6.07) is 8.51. The van der Waals surface area contributed by atoms with E-state index in [0.29, 0.717) is 6.04 Å². The van der Waals surface area contributed by atoms with Crippen molar-refractivity contribution in [3.63, 3.8) is 0 Å². The molecule has 1 unspecified atom stereocenters. The fourth-order valence-corrected chi connectivity index (χ4v) is 2.28. The first-order valence-corrected chi connectivity index (χ1v) is 7.80. The van der Waals surface area contributed by atoms with Crippen molar-refractivity contribution < 1.29 is 4.74 Å². The molecule has 0 saturated heterocycles. The Balaban J connectivity index is 2.44. The van der Waals surface area contributed by atoms with Gasteiger partial charge in [0.15, 0.2) is 0 Å². The van der Waals surface area contributed by atoms with Crippen molar-refractivity contribution in [3.05, 3.63) is 34.9 Å². The molecule has 1 aromatic rings. The highest BCUT2D eigenvalue weighted by molar-refractivity contribution is 6.30. The average Bonchev–Trinajstić information content (AvgIpc) is 2.45. The molecule has 0 heterocycles. The Hall–Kier alpha value is -0.610. The predicted molar refractivity (Wildman–Crippen MR) is 86.5 cm³/mol. The Kier molecular flexibility index (Phi) is 8.86. The molecule has 1 rings (SSSR count). The maximum Gasteiger partial charge on any atom is 0.0593 e. The molecular weight excluding hydrogens is 272 g/mol. The van der Waals surface area contributed by atoms with E-state index in [-0.39, 0.29) is 0 Å². The maximum atomic E-state index is 5.95. The van der Waals surface area contributed by atoms with Gasteiger partial charge in [-0.2, -0.15) is 0 Å². The summed E-state index contributed by atoms with van der Waals surface area (Å²) < 4.78 is 5.38. The summed E-state index contributed by atoms with van der Waals surface area (Å²) >= 11 is 5.95. The van der Waals surface area contributed by atoms with Gasteiger partial charge in [0.25, 0.3) is 0 Å². The van der Waals surface area contributed by atoms with Gasteiger partial charge in [-0.3, -0.25) is 0 Å². The van der Waals surface area contributed by atoms with Crippen molar-refractivity contribution in [2.75, 3.05) is 39.9 Å². The number of hydrogen-bond donors (Lipinski definition) is 1. The summed E-state index contributed by atoms with van der Waals surface area (Å²) in [6.45, 7) is 8.76. The van der Waals surface area contributed by atoms with Gasteiger partial charge in [0, 0.05) is 24.2 Å². The van der Waals surface area contributed by atoms with Gasteiger partial charge < -0.3 is 15.0 Å². The Morgan fingerprint density at radius 3 is 2.50 bits per heavy atom. The van der Waals surface area contributed by atoms with Crippen LogP contribution in [0.5, 0.6) is 0 Å². The molecule has 114 valence electrons. The van der Waals surface area contributed by atoms with Crippen molar-refractivity contribution in [3.8, 4) is 0 Å². The number of likely N-dealkylation sites (N-methyl/N-ethyl adjacent to an activating group) is 1. The summed E-state index contributed by atoms with van der Waals surface area (Å²) in [5.74, 6) is 0. The molecule has 3 nitrogen and oxygen atoms in total. The average molecular weight is 299 g/mol. The molecule has 0 aliphatic carbocycles. The largest absolute Gasteiger partial charge is 0.380 e. The molecule has 0 spiro atoms. The summed E-state index contributed by atoms with van der Waals surface area (Å²) in [6.07, 6.45) is 1.08. The van der Waals surface area contributed by atoms with E-state index in [9.17, 15) is 0 Å². The van der Waals surface area contributed by atoms with E-state index in [1.54, 1.807) is 0 Å². The number of rotatable bonds is 10. The zero-order valence-electron chi connectivity index (χ0n) is 12.9. The third-order valence-electron chi connectivity index (χ3n) is 3.34.